The fraction of sp³-hybridized carbons (Fsp3) is 0.556. The van der Waals surface area contributed by atoms with Crippen molar-refractivity contribution in [1.82, 2.24) is 22.8 Å². The second-order valence-electron chi connectivity index (χ2n) is 15.2. The van der Waals surface area contributed by atoms with Gasteiger partial charge in [0.05, 0.1) is 24.5 Å². The van der Waals surface area contributed by atoms with Crippen LogP contribution in [0.25, 0.3) is 22.2 Å². The third kappa shape index (κ3) is 5.27. The molecule has 8 rings (SSSR count). The van der Waals surface area contributed by atoms with Crippen LogP contribution < -0.4 is 9.46 Å². The molecule has 268 valence electrons. The average molecular weight is 724 g/mol. The van der Waals surface area contributed by atoms with E-state index >= 15 is 4.79 Å². The summed E-state index contributed by atoms with van der Waals surface area (Å²) in [6.45, 7) is 1.02. The highest BCUT2D eigenvalue weighted by molar-refractivity contribution is 7.88. The van der Waals surface area contributed by atoms with Crippen LogP contribution in [0.1, 0.15) is 84.7 Å². The van der Waals surface area contributed by atoms with Gasteiger partial charge in [-0.05, 0) is 79.5 Å². The molecule has 1 aromatic heterocycles. The second-order valence-corrected chi connectivity index (χ2v) is 19.0. The first kappa shape index (κ1) is 33.7. The third-order valence-electron chi connectivity index (χ3n) is 12.1. The number of ether oxygens (including phenoxy) is 1. The number of fused-ring (bicyclic) bond motifs is 9. The van der Waals surface area contributed by atoms with Crippen LogP contribution in [-0.2, 0) is 31.6 Å². The molecule has 2 saturated carbocycles. The minimum absolute atomic E-state index is 0.0571. The van der Waals surface area contributed by atoms with Crippen molar-refractivity contribution in [2.45, 2.75) is 81.8 Å². The van der Waals surface area contributed by atoms with Crippen molar-refractivity contribution in [3.8, 4) is 17.0 Å². The first-order chi connectivity index (χ1) is 23.7. The lowest BCUT2D eigenvalue weighted by Crippen LogP contribution is -2.58. The molecule has 0 spiro atoms. The molecule has 50 heavy (non-hydrogen) atoms. The summed E-state index contributed by atoms with van der Waals surface area (Å²) < 4.78 is 62.9. The van der Waals surface area contributed by atoms with Crippen molar-refractivity contribution in [3.05, 3.63) is 53.1 Å². The molecule has 12 nitrogen and oxygen atoms in total. The van der Waals surface area contributed by atoms with Gasteiger partial charge in [-0.25, -0.2) is 13.1 Å². The Hall–Kier alpha value is -3.46. The summed E-state index contributed by atoms with van der Waals surface area (Å²) >= 11 is 0. The van der Waals surface area contributed by atoms with Crippen molar-refractivity contribution >= 4 is 42.9 Å². The van der Waals surface area contributed by atoms with E-state index in [1.165, 1.54) is 36.6 Å². The summed E-state index contributed by atoms with van der Waals surface area (Å²) in [5.74, 6) is 0.315. The molecule has 0 radical (unpaired) electrons. The average Bonchev–Trinajstić information content (AvgIpc) is 3.68. The highest BCUT2D eigenvalue weighted by atomic mass is 32.2. The minimum Gasteiger partial charge on any atom is -0.497 e. The molecule has 3 aliphatic heterocycles. The summed E-state index contributed by atoms with van der Waals surface area (Å²) in [5.41, 5.74) is 4.70. The van der Waals surface area contributed by atoms with Gasteiger partial charge in [-0.1, -0.05) is 25.3 Å². The van der Waals surface area contributed by atoms with Gasteiger partial charge in [0.1, 0.15) is 5.75 Å². The molecular weight excluding hydrogens is 679 g/mol. The van der Waals surface area contributed by atoms with E-state index in [9.17, 15) is 21.6 Å². The normalized spacial score (nSPS) is 26.7. The van der Waals surface area contributed by atoms with E-state index in [0.717, 1.165) is 76.3 Å². The lowest BCUT2D eigenvalue weighted by atomic mass is 9.81. The Morgan fingerprint density at radius 1 is 0.940 bits per heavy atom. The molecule has 2 amide bonds. The van der Waals surface area contributed by atoms with E-state index in [2.05, 4.69) is 21.4 Å². The maximum absolute atomic E-state index is 15.1. The lowest BCUT2D eigenvalue weighted by molar-refractivity contribution is -0.142. The van der Waals surface area contributed by atoms with Crippen LogP contribution in [-0.4, -0.2) is 99.4 Å². The molecule has 4 heterocycles. The number of aromatic nitrogens is 1. The minimum atomic E-state index is -4.01. The second kappa shape index (κ2) is 11.8. The van der Waals surface area contributed by atoms with Crippen LogP contribution in [0.5, 0.6) is 5.75 Å². The molecule has 0 unspecified atom stereocenters. The quantitative estimate of drug-likeness (QED) is 0.389. The van der Waals surface area contributed by atoms with Crippen molar-refractivity contribution in [2.75, 3.05) is 40.6 Å². The van der Waals surface area contributed by atoms with Crippen LogP contribution in [0.3, 0.4) is 0 Å². The Morgan fingerprint density at radius 2 is 1.64 bits per heavy atom. The maximum atomic E-state index is 15.1. The predicted molar refractivity (Wildman–Crippen MR) is 190 cm³/mol. The molecule has 2 aromatic carbocycles. The molecule has 14 heteroatoms. The van der Waals surface area contributed by atoms with Gasteiger partial charge in [-0.3, -0.25) is 9.59 Å². The van der Waals surface area contributed by atoms with E-state index in [4.69, 9.17) is 4.74 Å². The van der Waals surface area contributed by atoms with Crippen LogP contribution in [0.4, 0.5) is 0 Å². The molecule has 4 fully saturated rings. The smallest absolute Gasteiger partial charge is 0.303 e. The van der Waals surface area contributed by atoms with Gasteiger partial charge in [0.2, 0.25) is 15.9 Å². The standard InChI is InChI=1S/C36H45N5O7S2/c1-38(2)50(46,47)37-34(42)23-10-14-28-31(16-23)40-21-36(35(43)41-24-11-12-25(41)20-39(19-24)49(4,44)45)18-30(36)29-17-26(48-3)13-15-27(29)33(40)32(28)22-8-6-5-7-9-22/h10,13-17,22,24-25,30H,5-9,11-12,18-21H2,1-4H3,(H,37,42)/t24-,25+,30-,36-/m0/s1. The van der Waals surface area contributed by atoms with Crippen LogP contribution in [0, 0.1) is 5.41 Å². The Labute approximate surface area is 294 Å². The Morgan fingerprint density at radius 3 is 2.28 bits per heavy atom. The molecule has 5 aliphatic rings. The van der Waals surface area contributed by atoms with Gasteiger partial charge >= 0.3 is 10.2 Å². The largest absolute Gasteiger partial charge is 0.497 e. The van der Waals surface area contributed by atoms with Crippen molar-refractivity contribution in [2.24, 2.45) is 5.41 Å². The van der Waals surface area contributed by atoms with Gasteiger partial charge in [-0.15, -0.1) is 0 Å². The SMILES string of the molecule is COc1ccc2c(c1)[C@@H]1C[C@]1(C(=O)N1[C@@H]3CC[C@H]1CN(S(C)(=O)=O)C3)Cn1c-2c(C2CCCCC2)c2ccc(C(=O)NS(=O)(=O)N(C)C)cc21. The van der Waals surface area contributed by atoms with Crippen LogP contribution in [0.15, 0.2) is 36.4 Å². The maximum Gasteiger partial charge on any atom is 0.303 e. The van der Waals surface area contributed by atoms with E-state index < -0.39 is 31.6 Å². The number of rotatable bonds is 7. The molecule has 4 atom stereocenters. The number of benzene rings is 2. The van der Waals surface area contributed by atoms with Crippen LogP contribution >= 0.6 is 0 Å². The van der Waals surface area contributed by atoms with Gasteiger partial charge in [0.15, 0.2) is 0 Å². The number of hydrogen-bond donors (Lipinski definition) is 1. The van der Waals surface area contributed by atoms with E-state index in [-0.39, 0.29) is 29.5 Å². The fourth-order valence-electron chi connectivity index (χ4n) is 9.41. The van der Waals surface area contributed by atoms with Gasteiger partial charge in [0, 0.05) is 73.8 Å². The topological polar surface area (TPSA) is 138 Å². The van der Waals surface area contributed by atoms with Crippen LogP contribution in [0.2, 0.25) is 0 Å². The molecular formula is C36H45N5O7S2. The number of nitrogens with zero attached hydrogens (tertiary/aromatic N) is 4. The van der Waals surface area contributed by atoms with E-state index in [1.807, 2.05) is 17.0 Å². The zero-order valence-electron chi connectivity index (χ0n) is 29.0. The van der Waals surface area contributed by atoms with E-state index in [0.29, 0.717) is 32.0 Å². The van der Waals surface area contributed by atoms with Gasteiger partial charge < -0.3 is 14.2 Å². The summed E-state index contributed by atoms with van der Waals surface area (Å²) in [5, 5.41) is 1.02. The number of sulfonamides is 1. The fourth-order valence-corrected chi connectivity index (χ4v) is 10.8. The molecule has 3 aromatic rings. The van der Waals surface area contributed by atoms with Gasteiger partial charge in [0.25, 0.3) is 5.91 Å². The van der Waals surface area contributed by atoms with Crippen molar-refractivity contribution in [3.63, 3.8) is 0 Å². The van der Waals surface area contributed by atoms with Gasteiger partial charge in [-0.2, -0.15) is 17.0 Å². The first-order valence-electron chi connectivity index (χ1n) is 17.6. The Kier molecular flexibility index (Phi) is 7.94. The number of carbonyl (C=O) groups excluding carboxylic acids is 2. The monoisotopic (exact) mass is 723 g/mol. The summed E-state index contributed by atoms with van der Waals surface area (Å²) in [7, 11) is -3.01. The number of piperazine rings is 1. The van der Waals surface area contributed by atoms with E-state index in [1.54, 1.807) is 19.2 Å². The lowest BCUT2D eigenvalue weighted by Gasteiger charge is -2.41. The predicted octanol–water partition coefficient (Wildman–Crippen LogP) is 4.02. The third-order valence-corrected chi connectivity index (χ3v) is 14.7. The highest BCUT2D eigenvalue weighted by Crippen LogP contribution is 2.66. The summed E-state index contributed by atoms with van der Waals surface area (Å²) in [6.07, 6.45) is 8.96. The zero-order valence-corrected chi connectivity index (χ0v) is 30.6. The first-order valence-corrected chi connectivity index (χ1v) is 20.9. The number of hydrogen-bond acceptors (Lipinski definition) is 7. The summed E-state index contributed by atoms with van der Waals surface area (Å²) in [4.78, 5) is 30.5. The number of nitrogens with one attached hydrogen (secondary N) is 1. The number of amides is 2. The summed E-state index contributed by atoms with van der Waals surface area (Å²) in [6, 6.07) is 11.2. The molecule has 2 bridgehead atoms. The Balaban J connectivity index is 1.30. The molecule has 2 saturated heterocycles. The molecule has 2 aliphatic carbocycles. The van der Waals surface area contributed by atoms with Crippen molar-refractivity contribution < 1.29 is 31.2 Å². The molecule has 1 N–H and O–H groups in total. The number of methoxy groups -OCH3 is 1. The number of carbonyl (C=O) groups is 2. The Bertz CT molecular complexity index is 2130. The zero-order chi connectivity index (χ0) is 35.3. The highest BCUT2D eigenvalue weighted by Gasteiger charge is 2.65. The van der Waals surface area contributed by atoms with Crippen molar-refractivity contribution in [1.29, 1.82) is 0 Å².